The number of benzene rings is 1. The summed E-state index contributed by atoms with van der Waals surface area (Å²) < 4.78 is 34.3. The van der Waals surface area contributed by atoms with Gasteiger partial charge in [0.1, 0.15) is 5.75 Å². The Bertz CT molecular complexity index is 707. The highest BCUT2D eigenvalue weighted by atomic mass is 35.5. The van der Waals surface area contributed by atoms with Crippen LogP contribution in [0.5, 0.6) is 5.75 Å². The molecule has 1 aromatic heterocycles. The number of pyridine rings is 1. The largest absolute Gasteiger partial charge is 0.465 e. The molecule has 0 radical (unpaired) electrons. The van der Waals surface area contributed by atoms with Crippen LogP contribution in [0.4, 0.5) is 8.78 Å². The number of aromatic nitrogens is 1. The number of aryl methyl sites for hydroxylation is 1. The van der Waals surface area contributed by atoms with Crippen LogP contribution >= 0.6 is 11.6 Å². The summed E-state index contributed by atoms with van der Waals surface area (Å²) in [5, 5.41) is 0.321. The topological polar surface area (TPSA) is 48.4 Å². The number of alkyl halides is 2. The first-order valence-electron chi connectivity index (χ1n) is 6.22. The van der Waals surface area contributed by atoms with Crippen molar-refractivity contribution in [3.05, 3.63) is 46.7 Å². The van der Waals surface area contributed by atoms with Crippen molar-refractivity contribution in [1.82, 2.24) is 4.98 Å². The Morgan fingerprint density at radius 2 is 2.00 bits per heavy atom. The van der Waals surface area contributed by atoms with E-state index < -0.39 is 12.6 Å². The van der Waals surface area contributed by atoms with E-state index in [2.05, 4.69) is 14.5 Å². The van der Waals surface area contributed by atoms with E-state index >= 15 is 0 Å². The van der Waals surface area contributed by atoms with Gasteiger partial charge < -0.3 is 9.47 Å². The van der Waals surface area contributed by atoms with Gasteiger partial charge in [0.15, 0.2) is 0 Å². The van der Waals surface area contributed by atoms with Gasteiger partial charge in [-0.25, -0.2) is 4.79 Å². The maximum atomic E-state index is 12.6. The number of halogens is 3. The van der Waals surface area contributed by atoms with E-state index in [1.54, 1.807) is 13.0 Å². The predicted octanol–water partition coefficient (Wildman–Crippen LogP) is 4.10. The molecule has 4 nitrogen and oxygen atoms in total. The summed E-state index contributed by atoms with van der Waals surface area (Å²) in [6.45, 7) is -1.28. The fraction of sp³-hybridized carbons (Fsp3) is 0.200. The Hall–Kier alpha value is -2.21. The van der Waals surface area contributed by atoms with Crippen molar-refractivity contribution in [3.63, 3.8) is 0 Å². The summed E-state index contributed by atoms with van der Waals surface area (Å²) in [4.78, 5) is 15.9. The Morgan fingerprint density at radius 3 is 2.64 bits per heavy atom. The minimum absolute atomic E-state index is 0.0878. The molecule has 0 atom stereocenters. The number of hydrogen-bond donors (Lipinski definition) is 0. The fourth-order valence-corrected chi connectivity index (χ4v) is 2.14. The molecule has 0 saturated carbocycles. The molecule has 2 rings (SSSR count). The Balaban J connectivity index is 2.67. The van der Waals surface area contributed by atoms with Gasteiger partial charge in [0.05, 0.1) is 12.7 Å². The number of carbonyl (C=O) groups is 1. The van der Waals surface area contributed by atoms with Gasteiger partial charge in [-0.2, -0.15) is 8.78 Å². The van der Waals surface area contributed by atoms with Crippen LogP contribution in [-0.2, 0) is 4.74 Å². The summed E-state index contributed by atoms with van der Waals surface area (Å²) in [5.41, 5.74) is 1.36. The maximum Gasteiger partial charge on any atom is 0.387 e. The van der Waals surface area contributed by atoms with Crippen LogP contribution < -0.4 is 4.74 Å². The first-order valence-corrected chi connectivity index (χ1v) is 6.60. The monoisotopic (exact) mass is 327 g/mol. The molecule has 0 N–H and O–H groups in total. The highest BCUT2D eigenvalue weighted by molar-refractivity contribution is 6.31. The molecule has 0 unspecified atom stereocenters. The molecule has 0 bridgehead atoms. The molecule has 7 heteroatoms. The minimum atomic E-state index is -3.00. The zero-order valence-corrected chi connectivity index (χ0v) is 12.5. The second-order valence-corrected chi connectivity index (χ2v) is 4.82. The molecular weight excluding hydrogens is 316 g/mol. The van der Waals surface area contributed by atoms with Gasteiger partial charge in [-0.1, -0.05) is 11.6 Å². The molecule has 0 saturated heterocycles. The molecular formula is C15H12ClF2NO3. The van der Waals surface area contributed by atoms with Crippen molar-refractivity contribution < 1.29 is 23.0 Å². The summed E-state index contributed by atoms with van der Waals surface area (Å²) >= 11 is 5.93. The normalized spacial score (nSPS) is 10.6. The first-order chi connectivity index (χ1) is 10.4. The molecule has 0 aliphatic heterocycles. The Kier molecular flexibility index (Phi) is 4.92. The van der Waals surface area contributed by atoms with Crippen LogP contribution in [0.25, 0.3) is 11.1 Å². The minimum Gasteiger partial charge on any atom is -0.465 e. The predicted molar refractivity (Wildman–Crippen MR) is 77.4 cm³/mol. The third-order valence-electron chi connectivity index (χ3n) is 2.89. The van der Waals surface area contributed by atoms with Crippen molar-refractivity contribution in [2.45, 2.75) is 13.5 Å². The summed E-state index contributed by atoms with van der Waals surface area (Å²) in [5.74, 6) is -0.722. The molecule has 0 aliphatic rings. The third kappa shape index (κ3) is 3.51. The average molecular weight is 328 g/mol. The summed E-state index contributed by atoms with van der Waals surface area (Å²) in [6, 6.07) is 5.77. The van der Waals surface area contributed by atoms with Crippen molar-refractivity contribution in [3.8, 4) is 16.9 Å². The fourth-order valence-electron chi connectivity index (χ4n) is 1.97. The maximum absolute atomic E-state index is 12.6. The average Bonchev–Trinajstić information content (AvgIpc) is 2.47. The highest BCUT2D eigenvalue weighted by Crippen LogP contribution is 2.36. The molecule has 0 aliphatic carbocycles. The van der Waals surface area contributed by atoms with Crippen molar-refractivity contribution >= 4 is 17.6 Å². The number of carbonyl (C=O) groups excluding carboxylic acids is 1. The van der Waals surface area contributed by atoms with Crippen LogP contribution in [-0.4, -0.2) is 24.7 Å². The van der Waals surface area contributed by atoms with Gasteiger partial charge in [0.25, 0.3) is 0 Å². The Labute approximate surface area is 130 Å². The molecule has 2 aromatic rings. The second kappa shape index (κ2) is 6.70. The quantitative estimate of drug-likeness (QED) is 0.793. The van der Waals surface area contributed by atoms with Crippen molar-refractivity contribution in [2.75, 3.05) is 7.11 Å². The highest BCUT2D eigenvalue weighted by Gasteiger charge is 2.19. The summed E-state index contributed by atoms with van der Waals surface area (Å²) in [6.07, 6.45) is 1.32. The van der Waals surface area contributed by atoms with Crippen LogP contribution in [0.3, 0.4) is 0 Å². The van der Waals surface area contributed by atoms with Crippen LogP contribution in [0.2, 0.25) is 5.02 Å². The molecule has 0 amide bonds. The van der Waals surface area contributed by atoms with E-state index in [4.69, 9.17) is 11.6 Å². The zero-order valence-electron chi connectivity index (χ0n) is 11.8. The number of esters is 1. The van der Waals surface area contributed by atoms with Gasteiger partial charge in [0, 0.05) is 28.0 Å². The van der Waals surface area contributed by atoms with Gasteiger partial charge in [0.2, 0.25) is 0 Å². The van der Waals surface area contributed by atoms with Crippen LogP contribution in [0.15, 0.2) is 30.5 Å². The van der Waals surface area contributed by atoms with E-state index in [9.17, 15) is 13.6 Å². The number of nitrogens with zero attached hydrogens (tertiary/aromatic N) is 1. The number of ether oxygens (including phenoxy) is 2. The molecule has 116 valence electrons. The number of rotatable bonds is 4. The number of methoxy groups -OCH3 is 1. The van der Waals surface area contributed by atoms with Gasteiger partial charge in [-0.3, -0.25) is 4.98 Å². The third-order valence-corrected chi connectivity index (χ3v) is 3.13. The smallest absolute Gasteiger partial charge is 0.387 e. The van der Waals surface area contributed by atoms with E-state index in [0.717, 1.165) is 0 Å². The second-order valence-electron chi connectivity index (χ2n) is 4.38. The van der Waals surface area contributed by atoms with Gasteiger partial charge >= 0.3 is 12.6 Å². The standard InChI is InChI=1S/C15H12ClF2NO3/c1-8-5-10(12(7-19-8)14(20)21-2)11-6-9(16)3-4-13(11)22-15(17)18/h3-7,15H,1-2H3. The molecule has 0 spiro atoms. The van der Waals surface area contributed by atoms with E-state index in [0.29, 0.717) is 16.3 Å². The lowest BCUT2D eigenvalue weighted by Crippen LogP contribution is -2.07. The first kappa shape index (κ1) is 16.2. The molecule has 1 heterocycles. The van der Waals surface area contributed by atoms with E-state index in [1.807, 2.05) is 0 Å². The SMILES string of the molecule is COC(=O)c1cnc(C)cc1-c1cc(Cl)ccc1OC(F)F. The van der Waals surface area contributed by atoms with E-state index in [-0.39, 0.29) is 16.9 Å². The van der Waals surface area contributed by atoms with Crippen LogP contribution in [0.1, 0.15) is 16.1 Å². The Morgan fingerprint density at radius 1 is 1.27 bits per heavy atom. The summed E-state index contributed by atoms with van der Waals surface area (Å²) in [7, 11) is 1.22. The number of hydrogen-bond acceptors (Lipinski definition) is 4. The molecule has 1 aromatic carbocycles. The lowest BCUT2D eigenvalue weighted by Gasteiger charge is -2.14. The molecule has 0 fully saturated rings. The zero-order chi connectivity index (χ0) is 16.3. The van der Waals surface area contributed by atoms with E-state index in [1.165, 1.54) is 31.5 Å². The van der Waals surface area contributed by atoms with Crippen LogP contribution in [0, 0.1) is 6.92 Å². The van der Waals surface area contributed by atoms with Gasteiger partial charge in [-0.05, 0) is 31.2 Å². The van der Waals surface area contributed by atoms with Crippen molar-refractivity contribution in [2.24, 2.45) is 0 Å². The lowest BCUT2D eigenvalue weighted by molar-refractivity contribution is -0.0494. The lowest BCUT2D eigenvalue weighted by atomic mass is 9.99. The molecule has 22 heavy (non-hydrogen) atoms. The van der Waals surface area contributed by atoms with Crippen molar-refractivity contribution in [1.29, 1.82) is 0 Å². The van der Waals surface area contributed by atoms with Gasteiger partial charge in [-0.15, -0.1) is 0 Å².